The summed E-state index contributed by atoms with van der Waals surface area (Å²) in [5.41, 5.74) is 2.29. The van der Waals surface area contributed by atoms with Crippen LogP contribution in [0, 0.1) is 0 Å². The lowest BCUT2D eigenvalue weighted by atomic mass is 10.1. The van der Waals surface area contributed by atoms with E-state index < -0.39 is 0 Å². The number of nitrogens with one attached hydrogen (secondary N) is 1. The fourth-order valence-corrected chi connectivity index (χ4v) is 2.19. The Kier molecular flexibility index (Phi) is 4.58. The maximum Gasteiger partial charge on any atom is 0.0928 e. The Morgan fingerprint density at radius 3 is 2.82 bits per heavy atom. The van der Waals surface area contributed by atoms with Crippen LogP contribution < -0.4 is 5.32 Å². The fourth-order valence-electron chi connectivity index (χ4n) is 1.68. The summed E-state index contributed by atoms with van der Waals surface area (Å²) in [6.07, 6.45) is 5.69. The van der Waals surface area contributed by atoms with Gasteiger partial charge in [-0.25, -0.2) is 0 Å². The summed E-state index contributed by atoms with van der Waals surface area (Å²) in [5.74, 6) is 0. The van der Waals surface area contributed by atoms with E-state index in [-0.39, 0.29) is 6.04 Å². The van der Waals surface area contributed by atoms with Crippen LogP contribution in [0.2, 0.25) is 0 Å². The molecular formula is C12H16N4S. The van der Waals surface area contributed by atoms with E-state index in [9.17, 15) is 0 Å². The molecule has 2 aromatic heterocycles. The van der Waals surface area contributed by atoms with Gasteiger partial charge >= 0.3 is 0 Å². The second-order valence-corrected chi connectivity index (χ2v) is 4.51. The molecule has 0 fully saturated rings. The SMILES string of the molecule is CCCNC(Cc1ccncc1)c1csnn1. The minimum atomic E-state index is 0.246. The zero-order valence-corrected chi connectivity index (χ0v) is 10.7. The predicted octanol–water partition coefficient (Wildman–Crippen LogP) is 2.22. The lowest BCUT2D eigenvalue weighted by Crippen LogP contribution is -2.24. The van der Waals surface area contributed by atoms with Gasteiger partial charge in [-0.2, -0.15) is 0 Å². The fraction of sp³-hybridized carbons (Fsp3) is 0.417. The van der Waals surface area contributed by atoms with Crippen molar-refractivity contribution in [1.29, 1.82) is 0 Å². The van der Waals surface area contributed by atoms with E-state index in [4.69, 9.17) is 0 Å². The number of rotatable bonds is 6. The Hall–Kier alpha value is -1.33. The van der Waals surface area contributed by atoms with E-state index in [1.165, 1.54) is 17.1 Å². The van der Waals surface area contributed by atoms with Crippen LogP contribution in [0.4, 0.5) is 0 Å². The number of hydrogen-bond acceptors (Lipinski definition) is 5. The standard InChI is InChI=1S/C12H16N4S/c1-2-5-14-11(12-9-17-16-15-12)8-10-3-6-13-7-4-10/h3-4,6-7,9,11,14H,2,5,8H2,1H3. The van der Waals surface area contributed by atoms with Crippen molar-refractivity contribution in [3.05, 3.63) is 41.2 Å². The van der Waals surface area contributed by atoms with E-state index >= 15 is 0 Å². The highest BCUT2D eigenvalue weighted by molar-refractivity contribution is 7.03. The van der Waals surface area contributed by atoms with Crippen molar-refractivity contribution in [3.8, 4) is 0 Å². The van der Waals surface area contributed by atoms with E-state index in [2.05, 4.69) is 26.8 Å². The Morgan fingerprint density at radius 1 is 1.35 bits per heavy atom. The third kappa shape index (κ3) is 3.57. The second-order valence-electron chi connectivity index (χ2n) is 3.90. The molecule has 2 rings (SSSR count). The van der Waals surface area contributed by atoms with Crippen LogP contribution in [0.1, 0.15) is 30.6 Å². The van der Waals surface area contributed by atoms with Gasteiger partial charge in [0.1, 0.15) is 0 Å². The molecule has 0 saturated heterocycles. The van der Waals surface area contributed by atoms with Gasteiger partial charge in [-0.1, -0.05) is 11.4 Å². The highest BCUT2D eigenvalue weighted by atomic mass is 32.1. The summed E-state index contributed by atoms with van der Waals surface area (Å²) >= 11 is 1.40. The monoisotopic (exact) mass is 248 g/mol. The van der Waals surface area contributed by atoms with E-state index in [1.807, 2.05) is 29.9 Å². The van der Waals surface area contributed by atoms with Gasteiger partial charge in [0.25, 0.3) is 0 Å². The van der Waals surface area contributed by atoms with Crippen LogP contribution >= 0.6 is 11.5 Å². The average molecular weight is 248 g/mol. The third-order valence-corrected chi connectivity index (χ3v) is 3.09. The molecule has 2 aromatic rings. The minimum Gasteiger partial charge on any atom is -0.308 e. The van der Waals surface area contributed by atoms with Gasteiger partial charge in [0, 0.05) is 17.8 Å². The number of hydrogen-bond donors (Lipinski definition) is 1. The molecule has 1 atom stereocenters. The molecule has 4 nitrogen and oxygen atoms in total. The Balaban J connectivity index is 2.06. The zero-order chi connectivity index (χ0) is 11.9. The highest BCUT2D eigenvalue weighted by Gasteiger charge is 2.13. The smallest absolute Gasteiger partial charge is 0.0928 e. The molecule has 0 saturated carbocycles. The quantitative estimate of drug-likeness (QED) is 0.851. The van der Waals surface area contributed by atoms with Gasteiger partial charge < -0.3 is 5.32 Å². The zero-order valence-electron chi connectivity index (χ0n) is 9.84. The molecule has 0 aliphatic heterocycles. The molecular weight excluding hydrogens is 232 g/mol. The van der Waals surface area contributed by atoms with Gasteiger partial charge in [0.05, 0.1) is 11.7 Å². The van der Waals surface area contributed by atoms with Crippen molar-refractivity contribution in [2.45, 2.75) is 25.8 Å². The Bertz CT molecular complexity index is 415. The number of nitrogens with zero attached hydrogens (tertiary/aromatic N) is 3. The van der Waals surface area contributed by atoms with Crippen LogP contribution in [0.25, 0.3) is 0 Å². The largest absolute Gasteiger partial charge is 0.308 e. The minimum absolute atomic E-state index is 0.246. The summed E-state index contributed by atoms with van der Waals surface area (Å²) < 4.78 is 3.93. The lowest BCUT2D eigenvalue weighted by Gasteiger charge is -2.15. The van der Waals surface area contributed by atoms with Crippen LogP contribution in [0.3, 0.4) is 0 Å². The molecule has 0 aromatic carbocycles. The first-order valence-corrected chi connectivity index (χ1v) is 6.63. The molecule has 1 N–H and O–H groups in total. The second kappa shape index (κ2) is 6.42. The topological polar surface area (TPSA) is 50.7 Å². The first-order chi connectivity index (χ1) is 8.40. The number of aromatic nitrogens is 3. The number of pyridine rings is 1. The van der Waals surface area contributed by atoms with Crippen LogP contribution in [-0.2, 0) is 6.42 Å². The van der Waals surface area contributed by atoms with Crippen molar-refractivity contribution in [1.82, 2.24) is 19.9 Å². The van der Waals surface area contributed by atoms with Gasteiger partial charge in [-0.15, -0.1) is 5.10 Å². The highest BCUT2D eigenvalue weighted by Crippen LogP contribution is 2.16. The lowest BCUT2D eigenvalue weighted by molar-refractivity contribution is 0.516. The molecule has 0 aliphatic rings. The van der Waals surface area contributed by atoms with Gasteiger partial charge in [0.2, 0.25) is 0 Å². The Morgan fingerprint density at radius 2 is 2.18 bits per heavy atom. The first-order valence-electron chi connectivity index (χ1n) is 5.79. The molecule has 0 spiro atoms. The maximum absolute atomic E-state index is 4.16. The molecule has 5 heteroatoms. The normalized spacial score (nSPS) is 12.5. The van der Waals surface area contributed by atoms with Gasteiger partial charge in [-0.3, -0.25) is 4.98 Å². The molecule has 2 heterocycles. The molecule has 0 aliphatic carbocycles. The van der Waals surface area contributed by atoms with Crippen LogP contribution in [-0.4, -0.2) is 21.1 Å². The molecule has 0 radical (unpaired) electrons. The maximum atomic E-state index is 4.16. The third-order valence-electron chi connectivity index (χ3n) is 2.56. The Labute approximate surface area is 105 Å². The average Bonchev–Trinajstić information content (AvgIpc) is 2.89. The van der Waals surface area contributed by atoms with Crippen molar-refractivity contribution in [2.75, 3.05) is 6.54 Å². The van der Waals surface area contributed by atoms with Crippen LogP contribution in [0.15, 0.2) is 29.9 Å². The predicted molar refractivity (Wildman–Crippen MR) is 68.9 cm³/mol. The van der Waals surface area contributed by atoms with Crippen LogP contribution in [0.5, 0.6) is 0 Å². The summed E-state index contributed by atoms with van der Waals surface area (Å²) in [5, 5.41) is 9.67. The van der Waals surface area contributed by atoms with Crippen molar-refractivity contribution in [3.63, 3.8) is 0 Å². The van der Waals surface area contributed by atoms with E-state index in [1.54, 1.807) is 0 Å². The molecule has 1 unspecified atom stereocenters. The van der Waals surface area contributed by atoms with Crippen molar-refractivity contribution >= 4 is 11.5 Å². The summed E-state index contributed by atoms with van der Waals surface area (Å²) in [7, 11) is 0. The summed E-state index contributed by atoms with van der Waals surface area (Å²) in [4.78, 5) is 4.03. The van der Waals surface area contributed by atoms with E-state index in [0.717, 1.165) is 25.1 Å². The van der Waals surface area contributed by atoms with Crippen molar-refractivity contribution < 1.29 is 0 Å². The van der Waals surface area contributed by atoms with Gasteiger partial charge in [0.15, 0.2) is 0 Å². The molecule has 90 valence electrons. The molecule has 0 bridgehead atoms. The summed E-state index contributed by atoms with van der Waals surface area (Å²) in [6.45, 7) is 3.16. The van der Waals surface area contributed by atoms with E-state index in [0.29, 0.717) is 0 Å². The van der Waals surface area contributed by atoms with Crippen molar-refractivity contribution in [2.24, 2.45) is 0 Å². The van der Waals surface area contributed by atoms with Gasteiger partial charge in [-0.05, 0) is 48.6 Å². The molecule has 0 amide bonds. The molecule has 17 heavy (non-hydrogen) atoms. The summed E-state index contributed by atoms with van der Waals surface area (Å²) in [6, 6.07) is 4.33. The first kappa shape index (κ1) is 12.1.